The summed E-state index contributed by atoms with van der Waals surface area (Å²) in [6, 6.07) is 7.59. The number of fused-ring (bicyclic) bond motifs is 1. The molecular weight excluding hydrogens is 172 g/mol. The van der Waals surface area contributed by atoms with Gasteiger partial charge in [0.1, 0.15) is 0 Å². The SMILES string of the molecule is Cc1cc2ccc(Cl)cc2nn1. The molecule has 0 fully saturated rings. The number of benzene rings is 1. The van der Waals surface area contributed by atoms with Crippen LogP contribution in [0.3, 0.4) is 0 Å². The molecule has 0 unspecified atom stereocenters. The fourth-order valence-electron chi connectivity index (χ4n) is 1.11. The van der Waals surface area contributed by atoms with Crippen molar-refractivity contribution >= 4 is 22.5 Å². The Morgan fingerprint density at radius 3 is 2.83 bits per heavy atom. The highest BCUT2D eigenvalue weighted by Gasteiger charge is 1.96. The lowest BCUT2D eigenvalue weighted by Crippen LogP contribution is -1.86. The van der Waals surface area contributed by atoms with E-state index < -0.39 is 0 Å². The van der Waals surface area contributed by atoms with Crippen molar-refractivity contribution in [2.24, 2.45) is 0 Å². The summed E-state index contributed by atoms with van der Waals surface area (Å²) < 4.78 is 0. The van der Waals surface area contributed by atoms with E-state index in [0.717, 1.165) is 16.6 Å². The molecule has 0 aliphatic carbocycles. The van der Waals surface area contributed by atoms with Gasteiger partial charge in [0.2, 0.25) is 0 Å². The molecule has 0 aliphatic rings. The molecule has 0 radical (unpaired) electrons. The van der Waals surface area contributed by atoms with Crippen molar-refractivity contribution in [3.63, 3.8) is 0 Å². The van der Waals surface area contributed by atoms with Crippen molar-refractivity contribution in [1.82, 2.24) is 10.2 Å². The van der Waals surface area contributed by atoms with Gasteiger partial charge in [0.15, 0.2) is 0 Å². The summed E-state index contributed by atoms with van der Waals surface area (Å²) >= 11 is 5.79. The van der Waals surface area contributed by atoms with Gasteiger partial charge in [-0.1, -0.05) is 17.7 Å². The van der Waals surface area contributed by atoms with Gasteiger partial charge in [-0.05, 0) is 25.1 Å². The third-order valence-electron chi connectivity index (χ3n) is 1.67. The van der Waals surface area contributed by atoms with Gasteiger partial charge in [-0.2, -0.15) is 10.2 Å². The van der Waals surface area contributed by atoms with Crippen LogP contribution in [0.15, 0.2) is 24.3 Å². The lowest BCUT2D eigenvalue weighted by Gasteiger charge is -1.96. The molecule has 0 amide bonds. The first kappa shape index (κ1) is 7.50. The van der Waals surface area contributed by atoms with E-state index >= 15 is 0 Å². The number of hydrogen-bond donors (Lipinski definition) is 0. The van der Waals surface area contributed by atoms with Gasteiger partial charge in [-0.25, -0.2) is 0 Å². The first-order chi connectivity index (χ1) is 5.75. The highest BCUT2D eigenvalue weighted by Crippen LogP contribution is 2.16. The molecule has 1 heterocycles. The minimum absolute atomic E-state index is 0.695. The maximum atomic E-state index is 5.79. The summed E-state index contributed by atoms with van der Waals surface area (Å²) in [5, 5.41) is 9.72. The quantitative estimate of drug-likeness (QED) is 0.620. The largest absolute Gasteiger partial charge is 0.155 e. The van der Waals surface area contributed by atoms with Crippen LogP contribution in [0.25, 0.3) is 10.9 Å². The number of nitrogens with zero attached hydrogens (tertiary/aromatic N) is 2. The standard InChI is InChI=1S/C9H7ClN2/c1-6-4-7-2-3-8(10)5-9(7)12-11-6/h2-5H,1H3. The van der Waals surface area contributed by atoms with Gasteiger partial charge >= 0.3 is 0 Å². The first-order valence-corrected chi connectivity index (χ1v) is 4.03. The molecule has 12 heavy (non-hydrogen) atoms. The average Bonchev–Trinajstić information content (AvgIpc) is 2.05. The van der Waals surface area contributed by atoms with Gasteiger partial charge in [-0.3, -0.25) is 0 Å². The Morgan fingerprint density at radius 1 is 1.17 bits per heavy atom. The van der Waals surface area contributed by atoms with Crippen molar-refractivity contribution < 1.29 is 0 Å². The van der Waals surface area contributed by atoms with E-state index in [9.17, 15) is 0 Å². The Hall–Kier alpha value is -1.15. The van der Waals surface area contributed by atoms with E-state index in [4.69, 9.17) is 11.6 Å². The van der Waals surface area contributed by atoms with Crippen LogP contribution in [0, 0.1) is 6.92 Å². The predicted molar refractivity (Wildman–Crippen MR) is 49.3 cm³/mol. The molecule has 2 aromatic rings. The molecule has 0 spiro atoms. The van der Waals surface area contributed by atoms with Crippen LogP contribution in [-0.2, 0) is 0 Å². The molecule has 1 aromatic carbocycles. The summed E-state index contributed by atoms with van der Waals surface area (Å²) in [7, 11) is 0. The van der Waals surface area contributed by atoms with Crippen LogP contribution in [0.5, 0.6) is 0 Å². The summed E-state index contributed by atoms with van der Waals surface area (Å²) in [6.07, 6.45) is 0. The zero-order valence-electron chi connectivity index (χ0n) is 6.58. The monoisotopic (exact) mass is 178 g/mol. The van der Waals surface area contributed by atoms with Crippen molar-refractivity contribution in [2.45, 2.75) is 6.92 Å². The minimum atomic E-state index is 0.695. The van der Waals surface area contributed by atoms with Crippen molar-refractivity contribution in [1.29, 1.82) is 0 Å². The molecule has 0 atom stereocenters. The highest BCUT2D eigenvalue weighted by molar-refractivity contribution is 6.31. The molecule has 0 N–H and O–H groups in total. The smallest absolute Gasteiger partial charge is 0.0944 e. The molecule has 60 valence electrons. The zero-order valence-corrected chi connectivity index (χ0v) is 7.34. The van der Waals surface area contributed by atoms with Crippen LogP contribution in [-0.4, -0.2) is 10.2 Å². The van der Waals surface area contributed by atoms with Crippen molar-refractivity contribution in [3.8, 4) is 0 Å². The number of aromatic nitrogens is 2. The van der Waals surface area contributed by atoms with E-state index in [1.54, 1.807) is 0 Å². The van der Waals surface area contributed by atoms with Crippen LogP contribution < -0.4 is 0 Å². The fraction of sp³-hybridized carbons (Fsp3) is 0.111. The van der Waals surface area contributed by atoms with Crippen molar-refractivity contribution in [2.75, 3.05) is 0 Å². The van der Waals surface area contributed by atoms with Crippen LogP contribution >= 0.6 is 11.6 Å². The van der Waals surface area contributed by atoms with E-state index in [1.165, 1.54) is 0 Å². The molecular formula is C9H7ClN2. The molecule has 2 rings (SSSR count). The fourth-order valence-corrected chi connectivity index (χ4v) is 1.28. The van der Waals surface area contributed by atoms with Crippen LogP contribution in [0.2, 0.25) is 5.02 Å². The number of rotatable bonds is 0. The Morgan fingerprint density at radius 2 is 2.00 bits per heavy atom. The lowest BCUT2D eigenvalue weighted by atomic mass is 10.2. The molecule has 0 saturated heterocycles. The number of aryl methyl sites for hydroxylation is 1. The normalized spacial score (nSPS) is 10.5. The molecule has 0 saturated carbocycles. The number of halogens is 1. The van der Waals surface area contributed by atoms with Crippen LogP contribution in [0.4, 0.5) is 0 Å². The lowest BCUT2D eigenvalue weighted by molar-refractivity contribution is 1.02. The molecule has 2 nitrogen and oxygen atoms in total. The molecule has 3 heteroatoms. The maximum Gasteiger partial charge on any atom is 0.0944 e. The van der Waals surface area contributed by atoms with Gasteiger partial charge in [0.05, 0.1) is 11.2 Å². The maximum absolute atomic E-state index is 5.79. The second-order valence-corrected chi connectivity index (χ2v) is 3.13. The van der Waals surface area contributed by atoms with Crippen molar-refractivity contribution in [3.05, 3.63) is 35.0 Å². The Kier molecular flexibility index (Phi) is 1.70. The number of hydrogen-bond acceptors (Lipinski definition) is 2. The van der Waals surface area contributed by atoms with Gasteiger partial charge < -0.3 is 0 Å². The Balaban J connectivity index is 2.79. The Labute approximate surface area is 75.2 Å². The minimum Gasteiger partial charge on any atom is -0.155 e. The summed E-state index contributed by atoms with van der Waals surface area (Å²) in [5.41, 5.74) is 1.76. The van der Waals surface area contributed by atoms with Gasteiger partial charge in [0, 0.05) is 10.4 Å². The van der Waals surface area contributed by atoms with Crippen LogP contribution in [0.1, 0.15) is 5.69 Å². The highest BCUT2D eigenvalue weighted by atomic mass is 35.5. The second-order valence-electron chi connectivity index (χ2n) is 2.69. The van der Waals surface area contributed by atoms with E-state index in [-0.39, 0.29) is 0 Å². The summed E-state index contributed by atoms with van der Waals surface area (Å²) in [4.78, 5) is 0. The molecule has 0 aliphatic heterocycles. The second kappa shape index (κ2) is 2.72. The zero-order chi connectivity index (χ0) is 8.55. The third kappa shape index (κ3) is 1.25. The third-order valence-corrected chi connectivity index (χ3v) is 1.91. The molecule has 1 aromatic heterocycles. The predicted octanol–water partition coefficient (Wildman–Crippen LogP) is 2.59. The average molecular weight is 179 g/mol. The summed E-state index contributed by atoms with van der Waals surface area (Å²) in [6.45, 7) is 1.92. The van der Waals surface area contributed by atoms with E-state index in [0.29, 0.717) is 5.02 Å². The molecule has 0 bridgehead atoms. The van der Waals surface area contributed by atoms with Gasteiger partial charge in [0.25, 0.3) is 0 Å². The first-order valence-electron chi connectivity index (χ1n) is 3.65. The van der Waals surface area contributed by atoms with Gasteiger partial charge in [-0.15, -0.1) is 0 Å². The topological polar surface area (TPSA) is 25.8 Å². The van der Waals surface area contributed by atoms with E-state index in [2.05, 4.69) is 10.2 Å². The summed E-state index contributed by atoms with van der Waals surface area (Å²) in [5.74, 6) is 0. The van der Waals surface area contributed by atoms with E-state index in [1.807, 2.05) is 31.2 Å². The Bertz CT molecular complexity index is 385.